The van der Waals surface area contributed by atoms with Gasteiger partial charge in [0.1, 0.15) is 13.2 Å². The number of ether oxygens (including phenoxy) is 2. The summed E-state index contributed by atoms with van der Waals surface area (Å²) in [5.41, 5.74) is 1.25. The summed E-state index contributed by atoms with van der Waals surface area (Å²) in [5, 5.41) is 9.79. The number of hydrogen-bond acceptors (Lipinski definition) is 4. The fraction of sp³-hybridized carbons (Fsp3) is 0.176. The third-order valence-corrected chi connectivity index (χ3v) is 3.80. The molecule has 0 unspecified atom stereocenters. The number of rotatable bonds is 3. The number of ketones is 1. The average Bonchev–Trinajstić information content (AvgIpc) is 2.53. The van der Waals surface area contributed by atoms with Crippen molar-refractivity contribution in [2.45, 2.75) is 6.92 Å². The molecule has 1 aliphatic heterocycles. The van der Waals surface area contributed by atoms with Crippen molar-refractivity contribution >= 4 is 23.4 Å². The van der Waals surface area contributed by atoms with Crippen molar-refractivity contribution in [3.05, 3.63) is 46.5 Å². The second kappa shape index (κ2) is 5.93. The molecule has 118 valence electrons. The first-order valence-corrected chi connectivity index (χ1v) is 7.33. The molecule has 2 aromatic carbocycles. The molecule has 0 bridgehead atoms. The number of carbonyl (C=O) groups excluding carboxylic acids is 1. The Kier molecular flexibility index (Phi) is 3.96. The first-order chi connectivity index (χ1) is 11.0. The number of hydrogen-bond donors (Lipinski definition) is 1. The van der Waals surface area contributed by atoms with Crippen molar-refractivity contribution < 1.29 is 24.2 Å². The number of benzene rings is 2. The lowest BCUT2D eigenvalue weighted by Gasteiger charge is -2.21. The Bertz CT molecular complexity index is 813. The van der Waals surface area contributed by atoms with Gasteiger partial charge in [-0.05, 0) is 48.4 Å². The number of aromatic carboxylic acids is 1. The molecule has 0 atom stereocenters. The van der Waals surface area contributed by atoms with Crippen molar-refractivity contribution in [3.8, 4) is 22.6 Å². The largest absolute Gasteiger partial charge is 0.486 e. The zero-order chi connectivity index (χ0) is 16.6. The molecule has 3 rings (SSSR count). The lowest BCUT2D eigenvalue weighted by Crippen LogP contribution is -2.16. The van der Waals surface area contributed by atoms with Crippen LogP contribution >= 0.6 is 11.6 Å². The normalized spacial score (nSPS) is 12.8. The summed E-state index contributed by atoms with van der Waals surface area (Å²) in [6.45, 7) is 2.22. The summed E-state index contributed by atoms with van der Waals surface area (Å²) in [6, 6.07) is 7.66. The molecule has 0 fully saturated rings. The minimum absolute atomic E-state index is 0.0635. The van der Waals surface area contributed by atoms with E-state index in [4.69, 9.17) is 21.1 Å². The standard InChI is InChI=1S/C17H13ClO5/c1-9(19)12-7-15-16(23-5-4-22-15)8-14(12)13-6-10(18)2-3-11(13)17(20)21/h2-3,6-8H,4-5H2,1H3,(H,20,21). The molecule has 1 heterocycles. The lowest BCUT2D eigenvalue weighted by atomic mass is 9.93. The molecule has 0 amide bonds. The van der Waals surface area contributed by atoms with E-state index in [-0.39, 0.29) is 11.3 Å². The minimum Gasteiger partial charge on any atom is -0.486 e. The summed E-state index contributed by atoms with van der Waals surface area (Å²) >= 11 is 6.01. The highest BCUT2D eigenvalue weighted by atomic mass is 35.5. The number of carboxylic acids is 1. The van der Waals surface area contributed by atoms with Gasteiger partial charge in [-0.15, -0.1) is 0 Å². The molecule has 0 aromatic heterocycles. The van der Waals surface area contributed by atoms with Gasteiger partial charge in [0.25, 0.3) is 0 Å². The van der Waals surface area contributed by atoms with Gasteiger partial charge in [0.05, 0.1) is 5.56 Å². The maximum absolute atomic E-state index is 12.0. The Hall–Kier alpha value is -2.53. The third-order valence-electron chi connectivity index (χ3n) is 3.56. The van der Waals surface area contributed by atoms with Gasteiger partial charge >= 0.3 is 5.97 Å². The van der Waals surface area contributed by atoms with Crippen LogP contribution in [0.5, 0.6) is 11.5 Å². The van der Waals surface area contributed by atoms with Gasteiger partial charge in [0, 0.05) is 10.6 Å². The van der Waals surface area contributed by atoms with Crippen LogP contribution in [0.25, 0.3) is 11.1 Å². The predicted molar refractivity (Wildman–Crippen MR) is 84.8 cm³/mol. The molecule has 1 aliphatic rings. The summed E-state index contributed by atoms with van der Waals surface area (Å²) in [7, 11) is 0. The number of carbonyl (C=O) groups is 2. The van der Waals surface area contributed by atoms with Crippen molar-refractivity contribution in [3.63, 3.8) is 0 Å². The Morgan fingerprint density at radius 3 is 2.22 bits per heavy atom. The van der Waals surface area contributed by atoms with E-state index in [9.17, 15) is 14.7 Å². The molecule has 1 N–H and O–H groups in total. The van der Waals surface area contributed by atoms with Crippen LogP contribution in [0.4, 0.5) is 0 Å². The number of carboxylic acid groups (broad SMARTS) is 1. The van der Waals surface area contributed by atoms with Crippen LogP contribution in [0.2, 0.25) is 5.02 Å². The van der Waals surface area contributed by atoms with E-state index >= 15 is 0 Å². The van der Waals surface area contributed by atoms with Gasteiger partial charge in [-0.1, -0.05) is 11.6 Å². The van der Waals surface area contributed by atoms with Crippen LogP contribution in [-0.2, 0) is 0 Å². The van der Waals surface area contributed by atoms with Crippen molar-refractivity contribution in [2.24, 2.45) is 0 Å². The Morgan fingerprint density at radius 1 is 1.00 bits per heavy atom. The van der Waals surface area contributed by atoms with Crippen LogP contribution in [0.1, 0.15) is 27.6 Å². The number of halogens is 1. The monoisotopic (exact) mass is 332 g/mol. The smallest absolute Gasteiger partial charge is 0.336 e. The predicted octanol–water partition coefficient (Wildman–Crippen LogP) is 3.68. The Morgan fingerprint density at radius 2 is 1.61 bits per heavy atom. The first kappa shape index (κ1) is 15.4. The van der Waals surface area contributed by atoms with E-state index in [1.807, 2.05) is 0 Å². The molecule has 5 nitrogen and oxygen atoms in total. The quantitative estimate of drug-likeness (QED) is 0.868. The van der Waals surface area contributed by atoms with Crippen LogP contribution in [0.3, 0.4) is 0 Å². The van der Waals surface area contributed by atoms with E-state index in [2.05, 4.69) is 0 Å². The van der Waals surface area contributed by atoms with Gasteiger partial charge in [0.2, 0.25) is 0 Å². The van der Waals surface area contributed by atoms with E-state index in [1.54, 1.807) is 12.1 Å². The maximum Gasteiger partial charge on any atom is 0.336 e. The van der Waals surface area contributed by atoms with Gasteiger partial charge < -0.3 is 14.6 Å². The fourth-order valence-corrected chi connectivity index (χ4v) is 2.70. The van der Waals surface area contributed by atoms with Gasteiger partial charge in [0.15, 0.2) is 17.3 Å². The minimum atomic E-state index is -1.10. The van der Waals surface area contributed by atoms with E-state index < -0.39 is 5.97 Å². The summed E-state index contributed by atoms with van der Waals surface area (Å²) in [4.78, 5) is 23.5. The molecule has 0 saturated heterocycles. The molecule has 2 aromatic rings. The summed E-state index contributed by atoms with van der Waals surface area (Å²) < 4.78 is 11.0. The summed E-state index contributed by atoms with van der Waals surface area (Å²) in [6.07, 6.45) is 0. The lowest BCUT2D eigenvalue weighted by molar-refractivity contribution is 0.0697. The highest BCUT2D eigenvalue weighted by Crippen LogP contribution is 2.39. The third kappa shape index (κ3) is 2.87. The van der Waals surface area contributed by atoms with E-state index in [0.29, 0.717) is 46.4 Å². The molecule has 23 heavy (non-hydrogen) atoms. The SMILES string of the molecule is CC(=O)c1cc2c(cc1-c1cc(Cl)ccc1C(=O)O)OCCO2. The topological polar surface area (TPSA) is 72.8 Å². The van der Waals surface area contributed by atoms with Crippen molar-refractivity contribution in [1.29, 1.82) is 0 Å². The van der Waals surface area contributed by atoms with E-state index in [1.165, 1.54) is 25.1 Å². The molecule has 0 radical (unpaired) electrons. The van der Waals surface area contributed by atoms with Gasteiger partial charge in [-0.25, -0.2) is 4.79 Å². The van der Waals surface area contributed by atoms with Crippen molar-refractivity contribution in [1.82, 2.24) is 0 Å². The average molecular weight is 333 g/mol. The highest BCUT2D eigenvalue weighted by Gasteiger charge is 2.22. The molecule has 0 saturated carbocycles. The molecule has 0 aliphatic carbocycles. The Balaban J connectivity index is 2.29. The highest BCUT2D eigenvalue weighted by molar-refractivity contribution is 6.31. The van der Waals surface area contributed by atoms with E-state index in [0.717, 1.165) is 0 Å². The zero-order valence-electron chi connectivity index (χ0n) is 12.3. The second-order valence-electron chi connectivity index (χ2n) is 5.09. The molecular formula is C17H13ClO5. The molecule has 0 spiro atoms. The van der Waals surface area contributed by atoms with Crippen molar-refractivity contribution in [2.75, 3.05) is 13.2 Å². The molecule has 6 heteroatoms. The number of Topliss-reactive ketones (excluding diaryl/α,β-unsaturated/α-hetero) is 1. The second-order valence-corrected chi connectivity index (χ2v) is 5.53. The van der Waals surface area contributed by atoms with Crippen LogP contribution < -0.4 is 9.47 Å². The maximum atomic E-state index is 12.0. The zero-order valence-corrected chi connectivity index (χ0v) is 13.0. The van der Waals surface area contributed by atoms with Crippen LogP contribution in [-0.4, -0.2) is 30.1 Å². The number of fused-ring (bicyclic) bond motifs is 1. The summed E-state index contributed by atoms with van der Waals surface area (Å²) in [5.74, 6) is -0.342. The van der Waals surface area contributed by atoms with Gasteiger partial charge in [-0.2, -0.15) is 0 Å². The Labute approximate surface area is 137 Å². The van der Waals surface area contributed by atoms with Gasteiger partial charge in [-0.3, -0.25) is 4.79 Å². The molecular weight excluding hydrogens is 320 g/mol. The van der Waals surface area contributed by atoms with Crippen LogP contribution in [0, 0.1) is 0 Å². The first-order valence-electron chi connectivity index (χ1n) is 6.95. The van der Waals surface area contributed by atoms with Crippen LogP contribution in [0.15, 0.2) is 30.3 Å². The fourth-order valence-electron chi connectivity index (χ4n) is 2.53.